The van der Waals surface area contributed by atoms with Gasteiger partial charge >= 0.3 is 0 Å². The lowest BCUT2D eigenvalue weighted by molar-refractivity contribution is -0.127. The van der Waals surface area contributed by atoms with E-state index in [0.29, 0.717) is 0 Å². The van der Waals surface area contributed by atoms with Crippen LogP contribution >= 0.6 is 0 Å². The lowest BCUT2D eigenvalue weighted by Crippen LogP contribution is -2.28. The van der Waals surface area contributed by atoms with E-state index in [1.807, 2.05) is 24.3 Å². The highest BCUT2D eigenvalue weighted by Crippen LogP contribution is 2.45. The Labute approximate surface area is 127 Å². The Morgan fingerprint density at radius 2 is 1.14 bits per heavy atom. The molecule has 0 N–H and O–H groups in total. The summed E-state index contributed by atoms with van der Waals surface area (Å²) < 4.78 is 17.7. The van der Waals surface area contributed by atoms with Crippen molar-refractivity contribution < 1.29 is 13.6 Å². The summed E-state index contributed by atoms with van der Waals surface area (Å²) >= 11 is 0. The van der Waals surface area contributed by atoms with Crippen LogP contribution in [-0.4, -0.2) is 0 Å². The molecule has 0 aliphatic rings. The zero-order valence-corrected chi connectivity index (χ0v) is 13.8. The maximum atomic E-state index is 6.48. The predicted octanol–water partition coefficient (Wildman–Crippen LogP) is 5.76. The van der Waals surface area contributed by atoms with Gasteiger partial charge in [-0.1, -0.05) is 41.5 Å². The molecule has 3 heteroatoms. The summed E-state index contributed by atoms with van der Waals surface area (Å²) in [5.74, 6) is 1.70. The molecule has 2 atom stereocenters. The van der Waals surface area contributed by atoms with E-state index in [0.717, 1.165) is 11.5 Å². The summed E-state index contributed by atoms with van der Waals surface area (Å²) in [6, 6.07) is 7.74. The van der Waals surface area contributed by atoms with Gasteiger partial charge in [0.15, 0.2) is 0 Å². The zero-order valence-electron chi connectivity index (χ0n) is 13.8. The van der Waals surface area contributed by atoms with Gasteiger partial charge in [0.25, 0.3) is 0 Å². The first-order chi connectivity index (χ1) is 9.69. The van der Waals surface area contributed by atoms with E-state index < -0.39 is 0 Å². The highest BCUT2D eigenvalue weighted by Gasteiger charge is 2.37. The van der Waals surface area contributed by atoms with E-state index in [4.69, 9.17) is 13.6 Å². The summed E-state index contributed by atoms with van der Waals surface area (Å²) in [4.78, 5) is 0. The standard InChI is InChI=1S/C18H26O3/c1-17(2,3)15(13-9-7-11-19-13)21-16(18(4,5)6)14-10-8-12-20-14/h7-12,15-16H,1-6H3. The molecule has 0 aromatic carbocycles. The third-order valence-corrected chi connectivity index (χ3v) is 3.45. The molecule has 3 nitrogen and oxygen atoms in total. The van der Waals surface area contributed by atoms with Gasteiger partial charge in [0.2, 0.25) is 0 Å². The molecule has 0 saturated carbocycles. The first kappa shape index (κ1) is 15.9. The van der Waals surface area contributed by atoms with Gasteiger partial charge in [-0.25, -0.2) is 0 Å². The fraction of sp³-hybridized carbons (Fsp3) is 0.556. The van der Waals surface area contributed by atoms with Crippen LogP contribution in [0.2, 0.25) is 0 Å². The van der Waals surface area contributed by atoms with Gasteiger partial charge in [-0.3, -0.25) is 0 Å². The number of hydrogen-bond acceptors (Lipinski definition) is 3. The number of furan rings is 2. The Bertz CT molecular complexity index is 474. The van der Waals surface area contributed by atoms with E-state index in [9.17, 15) is 0 Å². The smallest absolute Gasteiger partial charge is 0.133 e. The molecule has 116 valence electrons. The van der Waals surface area contributed by atoms with Crippen molar-refractivity contribution in [1.29, 1.82) is 0 Å². The molecular formula is C18H26O3. The van der Waals surface area contributed by atoms with Crippen LogP contribution in [0.25, 0.3) is 0 Å². The summed E-state index contributed by atoms with van der Waals surface area (Å²) in [5, 5.41) is 0. The summed E-state index contributed by atoms with van der Waals surface area (Å²) in [5.41, 5.74) is -0.151. The van der Waals surface area contributed by atoms with Crippen molar-refractivity contribution in [1.82, 2.24) is 0 Å². The van der Waals surface area contributed by atoms with Crippen molar-refractivity contribution in [3.8, 4) is 0 Å². The fourth-order valence-electron chi connectivity index (χ4n) is 2.41. The molecule has 2 rings (SSSR count). The van der Waals surface area contributed by atoms with Crippen LogP contribution < -0.4 is 0 Å². The highest BCUT2D eigenvalue weighted by atomic mass is 16.5. The van der Waals surface area contributed by atoms with Crippen LogP contribution in [0.15, 0.2) is 45.6 Å². The summed E-state index contributed by atoms with van der Waals surface area (Å²) in [7, 11) is 0. The van der Waals surface area contributed by atoms with Crippen LogP contribution in [0.5, 0.6) is 0 Å². The van der Waals surface area contributed by atoms with Crippen molar-refractivity contribution in [2.75, 3.05) is 0 Å². The Morgan fingerprint density at radius 3 is 1.38 bits per heavy atom. The van der Waals surface area contributed by atoms with Crippen LogP contribution in [0.1, 0.15) is 65.3 Å². The topological polar surface area (TPSA) is 35.5 Å². The molecule has 0 spiro atoms. The molecule has 21 heavy (non-hydrogen) atoms. The normalized spacial score (nSPS) is 15.9. The Morgan fingerprint density at radius 1 is 0.762 bits per heavy atom. The predicted molar refractivity (Wildman–Crippen MR) is 82.9 cm³/mol. The maximum Gasteiger partial charge on any atom is 0.133 e. The molecule has 2 unspecified atom stereocenters. The molecule has 0 radical (unpaired) electrons. The molecule has 0 aliphatic heterocycles. The number of ether oxygens (including phenoxy) is 1. The second-order valence-corrected chi connectivity index (χ2v) is 7.66. The molecule has 0 amide bonds. The molecule has 0 aliphatic carbocycles. The molecule has 0 bridgehead atoms. The van der Waals surface area contributed by atoms with Crippen molar-refractivity contribution in [2.45, 2.75) is 53.8 Å². The number of hydrogen-bond donors (Lipinski definition) is 0. The average molecular weight is 290 g/mol. The third-order valence-electron chi connectivity index (χ3n) is 3.45. The van der Waals surface area contributed by atoms with Crippen molar-refractivity contribution in [3.63, 3.8) is 0 Å². The first-order valence-electron chi connectivity index (χ1n) is 7.42. The molecule has 0 fully saturated rings. The van der Waals surface area contributed by atoms with Gasteiger partial charge in [0.1, 0.15) is 23.7 Å². The van der Waals surface area contributed by atoms with Crippen LogP contribution in [0.4, 0.5) is 0 Å². The van der Waals surface area contributed by atoms with Gasteiger partial charge in [-0.2, -0.15) is 0 Å². The summed E-state index contributed by atoms with van der Waals surface area (Å²) in [6.45, 7) is 12.9. The second-order valence-electron chi connectivity index (χ2n) is 7.66. The largest absolute Gasteiger partial charge is 0.467 e. The van der Waals surface area contributed by atoms with E-state index in [1.165, 1.54) is 0 Å². The molecule has 2 aromatic rings. The van der Waals surface area contributed by atoms with Crippen molar-refractivity contribution >= 4 is 0 Å². The molecule has 2 aromatic heterocycles. The van der Waals surface area contributed by atoms with Gasteiger partial charge in [-0.15, -0.1) is 0 Å². The maximum absolute atomic E-state index is 6.48. The van der Waals surface area contributed by atoms with E-state index in [2.05, 4.69) is 41.5 Å². The monoisotopic (exact) mass is 290 g/mol. The fourth-order valence-corrected chi connectivity index (χ4v) is 2.41. The first-order valence-corrected chi connectivity index (χ1v) is 7.42. The lowest BCUT2D eigenvalue weighted by atomic mass is 9.84. The quantitative estimate of drug-likeness (QED) is 0.717. The Hall–Kier alpha value is -1.48. The van der Waals surface area contributed by atoms with Gasteiger partial charge < -0.3 is 13.6 Å². The van der Waals surface area contributed by atoms with E-state index in [1.54, 1.807) is 12.5 Å². The molecule has 0 saturated heterocycles. The molecule has 2 heterocycles. The van der Waals surface area contributed by atoms with Crippen LogP contribution in [0, 0.1) is 10.8 Å². The van der Waals surface area contributed by atoms with Crippen LogP contribution in [0.3, 0.4) is 0 Å². The van der Waals surface area contributed by atoms with E-state index >= 15 is 0 Å². The lowest BCUT2D eigenvalue weighted by Gasteiger charge is -2.37. The highest BCUT2D eigenvalue weighted by molar-refractivity contribution is 5.09. The Balaban J connectivity index is 2.33. The van der Waals surface area contributed by atoms with Crippen molar-refractivity contribution in [3.05, 3.63) is 48.3 Å². The SMILES string of the molecule is CC(C)(C)C(OC(c1ccco1)C(C)(C)C)c1ccco1. The van der Waals surface area contributed by atoms with Crippen molar-refractivity contribution in [2.24, 2.45) is 10.8 Å². The van der Waals surface area contributed by atoms with E-state index in [-0.39, 0.29) is 23.0 Å². The number of rotatable bonds is 4. The van der Waals surface area contributed by atoms with Gasteiger partial charge in [0.05, 0.1) is 12.5 Å². The average Bonchev–Trinajstić information content (AvgIpc) is 2.96. The minimum atomic E-state index is -0.137. The molecular weight excluding hydrogens is 264 g/mol. The second kappa shape index (κ2) is 5.72. The third kappa shape index (κ3) is 3.79. The Kier molecular flexibility index (Phi) is 4.33. The van der Waals surface area contributed by atoms with Gasteiger partial charge in [-0.05, 0) is 35.1 Å². The van der Waals surface area contributed by atoms with Crippen LogP contribution in [-0.2, 0) is 4.74 Å². The minimum Gasteiger partial charge on any atom is -0.467 e. The minimum absolute atomic E-state index is 0.0755. The zero-order chi connectivity index (χ0) is 15.7. The summed E-state index contributed by atoms with van der Waals surface area (Å²) in [6.07, 6.45) is 3.11. The van der Waals surface area contributed by atoms with Gasteiger partial charge in [0, 0.05) is 0 Å².